The molecule has 2 nitrogen and oxygen atoms in total. The van der Waals surface area contributed by atoms with E-state index in [1.54, 1.807) is 0 Å². The molecule has 0 atom stereocenters. The third-order valence-corrected chi connectivity index (χ3v) is 4.07. The highest BCUT2D eigenvalue weighted by molar-refractivity contribution is 5.55. The van der Waals surface area contributed by atoms with Crippen molar-refractivity contribution < 1.29 is 0 Å². The van der Waals surface area contributed by atoms with Crippen molar-refractivity contribution in [1.82, 2.24) is 5.32 Å². The highest BCUT2D eigenvalue weighted by Crippen LogP contribution is 2.24. The van der Waals surface area contributed by atoms with E-state index >= 15 is 0 Å². The number of anilines is 1. The molecular formula is C18H22N2. The second-order valence-electron chi connectivity index (χ2n) is 5.66. The summed E-state index contributed by atoms with van der Waals surface area (Å²) in [6.45, 7) is 8.43. The van der Waals surface area contributed by atoms with Crippen LogP contribution in [0.2, 0.25) is 0 Å². The van der Waals surface area contributed by atoms with Gasteiger partial charge in [-0.05, 0) is 36.6 Å². The summed E-state index contributed by atoms with van der Waals surface area (Å²) in [6, 6.07) is 15.5. The SMILES string of the molecule is Cc1ccc(CN2CCNCc3ccccc32)c(C)c1. The fraction of sp³-hybridized carbons (Fsp3) is 0.333. The number of rotatable bonds is 2. The standard InChI is InChI=1S/C18H22N2/c1-14-7-8-17(15(2)11-14)13-20-10-9-19-12-16-5-3-4-6-18(16)20/h3-8,11,19H,9-10,12-13H2,1-2H3. The van der Waals surface area contributed by atoms with Crippen LogP contribution in [0.5, 0.6) is 0 Å². The van der Waals surface area contributed by atoms with E-state index in [2.05, 4.69) is 66.5 Å². The van der Waals surface area contributed by atoms with Crippen LogP contribution >= 0.6 is 0 Å². The monoisotopic (exact) mass is 266 g/mol. The molecule has 0 spiro atoms. The Morgan fingerprint density at radius 1 is 1.10 bits per heavy atom. The van der Waals surface area contributed by atoms with Gasteiger partial charge in [0.05, 0.1) is 0 Å². The second-order valence-corrected chi connectivity index (χ2v) is 5.66. The first-order chi connectivity index (χ1) is 9.74. The van der Waals surface area contributed by atoms with E-state index in [1.807, 2.05) is 0 Å². The Hall–Kier alpha value is -1.80. The Balaban J connectivity index is 1.90. The molecule has 2 heteroatoms. The van der Waals surface area contributed by atoms with Gasteiger partial charge in [0.15, 0.2) is 0 Å². The molecule has 3 rings (SSSR count). The number of benzene rings is 2. The number of nitrogens with one attached hydrogen (secondary N) is 1. The van der Waals surface area contributed by atoms with Crippen molar-refractivity contribution in [2.24, 2.45) is 0 Å². The van der Waals surface area contributed by atoms with Crippen molar-refractivity contribution in [2.75, 3.05) is 18.0 Å². The molecule has 2 aromatic rings. The molecule has 0 saturated carbocycles. The molecule has 1 aliphatic rings. The maximum absolute atomic E-state index is 3.50. The topological polar surface area (TPSA) is 15.3 Å². The molecule has 1 aliphatic heterocycles. The third-order valence-electron chi connectivity index (χ3n) is 4.07. The fourth-order valence-corrected chi connectivity index (χ4v) is 2.92. The first-order valence-corrected chi connectivity index (χ1v) is 7.34. The summed E-state index contributed by atoms with van der Waals surface area (Å²) in [5.41, 5.74) is 6.92. The molecule has 1 N–H and O–H groups in total. The van der Waals surface area contributed by atoms with Crippen LogP contribution < -0.4 is 10.2 Å². The molecule has 0 fully saturated rings. The van der Waals surface area contributed by atoms with Crippen molar-refractivity contribution in [3.05, 3.63) is 64.7 Å². The first kappa shape index (κ1) is 13.2. The van der Waals surface area contributed by atoms with Gasteiger partial charge < -0.3 is 10.2 Å². The van der Waals surface area contributed by atoms with Crippen LogP contribution in [-0.2, 0) is 13.1 Å². The lowest BCUT2D eigenvalue weighted by atomic mass is 10.0. The van der Waals surface area contributed by atoms with Crippen LogP contribution in [-0.4, -0.2) is 13.1 Å². The molecule has 0 aliphatic carbocycles. The van der Waals surface area contributed by atoms with Crippen molar-refractivity contribution in [3.63, 3.8) is 0 Å². The molecule has 0 radical (unpaired) electrons. The molecule has 0 aromatic heterocycles. The Morgan fingerprint density at radius 3 is 2.80 bits per heavy atom. The number of para-hydroxylation sites is 1. The number of nitrogens with zero attached hydrogens (tertiary/aromatic N) is 1. The van der Waals surface area contributed by atoms with Gasteiger partial charge in [0.25, 0.3) is 0 Å². The largest absolute Gasteiger partial charge is 0.366 e. The summed E-state index contributed by atoms with van der Waals surface area (Å²) in [5, 5.41) is 3.50. The van der Waals surface area contributed by atoms with Crippen LogP contribution in [0.3, 0.4) is 0 Å². The van der Waals surface area contributed by atoms with E-state index < -0.39 is 0 Å². The highest BCUT2D eigenvalue weighted by atomic mass is 15.2. The molecule has 20 heavy (non-hydrogen) atoms. The smallest absolute Gasteiger partial charge is 0.0432 e. The zero-order valence-electron chi connectivity index (χ0n) is 12.3. The lowest BCUT2D eigenvalue weighted by molar-refractivity contribution is 0.687. The predicted octanol–water partition coefficient (Wildman–Crippen LogP) is 3.41. The minimum atomic E-state index is 0.972. The van der Waals surface area contributed by atoms with Gasteiger partial charge in [-0.1, -0.05) is 42.0 Å². The van der Waals surface area contributed by atoms with Crippen molar-refractivity contribution >= 4 is 5.69 Å². The average Bonchev–Trinajstić information content (AvgIpc) is 2.65. The predicted molar refractivity (Wildman–Crippen MR) is 85.1 cm³/mol. The minimum absolute atomic E-state index is 0.972. The lowest BCUT2D eigenvalue weighted by Crippen LogP contribution is -2.28. The van der Waals surface area contributed by atoms with E-state index in [0.717, 1.165) is 26.2 Å². The molecule has 104 valence electrons. The Bertz CT molecular complexity index is 604. The van der Waals surface area contributed by atoms with Crippen molar-refractivity contribution in [1.29, 1.82) is 0 Å². The van der Waals surface area contributed by atoms with E-state index in [9.17, 15) is 0 Å². The van der Waals surface area contributed by atoms with Crippen molar-refractivity contribution in [3.8, 4) is 0 Å². The van der Waals surface area contributed by atoms with Gasteiger partial charge in [-0.2, -0.15) is 0 Å². The zero-order valence-corrected chi connectivity index (χ0v) is 12.3. The number of fused-ring (bicyclic) bond motifs is 1. The highest BCUT2D eigenvalue weighted by Gasteiger charge is 2.15. The summed E-state index contributed by atoms with van der Waals surface area (Å²) < 4.78 is 0. The van der Waals surface area contributed by atoms with Gasteiger partial charge in [0.2, 0.25) is 0 Å². The Labute approximate surface area is 121 Å². The number of hydrogen-bond donors (Lipinski definition) is 1. The summed E-state index contributed by atoms with van der Waals surface area (Å²) in [4.78, 5) is 2.49. The van der Waals surface area contributed by atoms with Gasteiger partial charge in [-0.3, -0.25) is 0 Å². The summed E-state index contributed by atoms with van der Waals surface area (Å²) >= 11 is 0. The summed E-state index contributed by atoms with van der Waals surface area (Å²) in [7, 11) is 0. The van der Waals surface area contributed by atoms with Crippen LogP contribution in [0.4, 0.5) is 5.69 Å². The molecular weight excluding hydrogens is 244 g/mol. The van der Waals surface area contributed by atoms with Crippen LogP contribution in [0.15, 0.2) is 42.5 Å². The zero-order chi connectivity index (χ0) is 13.9. The maximum Gasteiger partial charge on any atom is 0.0432 e. The van der Waals surface area contributed by atoms with Gasteiger partial charge >= 0.3 is 0 Å². The molecule has 0 amide bonds. The quantitative estimate of drug-likeness (QED) is 0.896. The van der Waals surface area contributed by atoms with Crippen molar-refractivity contribution in [2.45, 2.75) is 26.9 Å². The Morgan fingerprint density at radius 2 is 1.95 bits per heavy atom. The van der Waals surface area contributed by atoms with Gasteiger partial charge in [-0.25, -0.2) is 0 Å². The average molecular weight is 266 g/mol. The maximum atomic E-state index is 3.50. The number of hydrogen-bond acceptors (Lipinski definition) is 2. The summed E-state index contributed by atoms with van der Waals surface area (Å²) in [5.74, 6) is 0. The minimum Gasteiger partial charge on any atom is -0.366 e. The normalized spacial score (nSPS) is 14.8. The van der Waals surface area contributed by atoms with E-state index in [4.69, 9.17) is 0 Å². The van der Waals surface area contributed by atoms with E-state index in [1.165, 1.54) is 27.9 Å². The van der Waals surface area contributed by atoms with Crippen LogP contribution in [0, 0.1) is 13.8 Å². The first-order valence-electron chi connectivity index (χ1n) is 7.34. The number of aryl methyl sites for hydroxylation is 2. The van der Waals surface area contributed by atoms with Gasteiger partial charge in [0.1, 0.15) is 0 Å². The van der Waals surface area contributed by atoms with Crippen LogP contribution in [0.25, 0.3) is 0 Å². The van der Waals surface area contributed by atoms with E-state index in [0.29, 0.717) is 0 Å². The summed E-state index contributed by atoms with van der Waals surface area (Å²) in [6.07, 6.45) is 0. The Kier molecular flexibility index (Phi) is 3.75. The second kappa shape index (κ2) is 5.68. The molecule has 0 bridgehead atoms. The molecule has 2 aromatic carbocycles. The van der Waals surface area contributed by atoms with Crippen LogP contribution in [0.1, 0.15) is 22.3 Å². The van der Waals surface area contributed by atoms with Gasteiger partial charge in [-0.15, -0.1) is 0 Å². The van der Waals surface area contributed by atoms with E-state index in [-0.39, 0.29) is 0 Å². The lowest BCUT2D eigenvalue weighted by Gasteiger charge is -2.25. The van der Waals surface area contributed by atoms with Gasteiger partial charge in [0, 0.05) is 31.9 Å². The molecule has 0 saturated heterocycles. The third kappa shape index (κ3) is 2.70. The molecule has 0 unspecified atom stereocenters. The fourth-order valence-electron chi connectivity index (χ4n) is 2.92. The molecule has 1 heterocycles.